The second-order valence-electron chi connectivity index (χ2n) is 5.01. The number of ether oxygens (including phenoxy) is 1. The van der Waals surface area contributed by atoms with Crippen molar-refractivity contribution in [1.29, 1.82) is 0 Å². The van der Waals surface area contributed by atoms with Crippen LogP contribution in [-0.2, 0) is 6.54 Å². The van der Waals surface area contributed by atoms with Gasteiger partial charge in [-0.2, -0.15) is 0 Å². The third-order valence-electron chi connectivity index (χ3n) is 3.42. The van der Waals surface area contributed by atoms with Gasteiger partial charge in [0.25, 0.3) is 0 Å². The highest BCUT2D eigenvalue weighted by Crippen LogP contribution is 2.13. The van der Waals surface area contributed by atoms with Crippen molar-refractivity contribution < 1.29 is 9.84 Å². The van der Waals surface area contributed by atoms with Gasteiger partial charge in [0.05, 0.1) is 0 Å². The molecule has 0 radical (unpaired) electrons. The lowest BCUT2D eigenvalue weighted by Crippen LogP contribution is -2.38. The molecule has 2 unspecified atom stereocenters. The summed E-state index contributed by atoms with van der Waals surface area (Å²) in [5.41, 5.74) is 6.61. The summed E-state index contributed by atoms with van der Waals surface area (Å²) in [5.74, 6) is 0.758. The minimum atomic E-state index is -0.486. The van der Waals surface area contributed by atoms with Gasteiger partial charge in [0.15, 0.2) is 0 Å². The molecule has 19 heavy (non-hydrogen) atoms. The number of rotatable bonds is 8. The number of nitrogens with two attached hydrogens (primary N) is 1. The lowest BCUT2D eigenvalue weighted by molar-refractivity contribution is 0.0649. The summed E-state index contributed by atoms with van der Waals surface area (Å²) in [6.45, 7) is 5.71. The van der Waals surface area contributed by atoms with Crippen molar-refractivity contribution >= 4 is 0 Å². The molecule has 108 valence electrons. The number of aliphatic hydroxyl groups excluding tert-OH is 1. The van der Waals surface area contributed by atoms with Crippen molar-refractivity contribution in [3.8, 4) is 5.75 Å². The van der Waals surface area contributed by atoms with Crippen LogP contribution in [0.15, 0.2) is 24.3 Å². The highest BCUT2D eigenvalue weighted by Gasteiger charge is 2.13. The van der Waals surface area contributed by atoms with Gasteiger partial charge in [-0.25, -0.2) is 0 Å². The van der Waals surface area contributed by atoms with Crippen LogP contribution in [0.25, 0.3) is 0 Å². The van der Waals surface area contributed by atoms with Crippen molar-refractivity contribution in [2.45, 2.75) is 39.0 Å². The first-order chi connectivity index (χ1) is 9.06. The first-order valence-corrected chi connectivity index (χ1v) is 6.87. The highest BCUT2D eigenvalue weighted by molar-refractivity contribution is 5.28. The maximum Gasteiger partial charge on any atom is 0.119 e. The zero-order chi connectivity index (χ0) is 14.3. The molecule has 0 aliphatic heterocycles. The number of likely N-dealkylation sites (N-methyl/N-ethyl adjacent to an activating group) is 1. The predicted molar refractivity (Wildman–Crippen MR) is 78.2 cm³/mol. The van der Waals surface area contributed by atoms with Crippen molar-refractivity contribution in [1.82, 2.24) is 4.90 Å². The van der Waals surface area contributed by atoms with Crippen LogP contribution in [0.5, 0.6) is 5.75 Å². The molecule has 0 aromatic heterocycles. The van der Waals surface area contributed by atoms with Crippen LogP contribution in [0.2, 0.25) is 0 Å². The van der Waals surface area contributed by atoms with Crippen LogP contribution in [0, 0.1) is 0 Å². The molecule has 0 saturated carbocycles. The van der Waals surface area contributed by atoms with Gasteiger partial charge in [-0.15, -0.1) is 0 Å². The second kappa shape index (κ2) is 8.15. The molecule has 1 aromatic carbocycles. The Bertz CT molecular complexity index is 371. The smallest absolute Gasteiger partial charge is 0.119 e. The SMILES string of the molecule is CCC(C)N(C)CC(O)COc1cccc(CN)c1. The fourth-order valence-electron chi connectivity index (χ4n) is 1.83. The molecule has 0 bridgehead atoms. The summed E-state index contributed by atoms with van der Waals surface area (Å²) in [7, 11) is 2.02. The van der Waals surface area contributed by atoms with E-state index in [0.29, 0.717) is 25.7 Å². The molecule has 1 rings (SSSR count). The topological polar surface area (TPSA) is 58.7 Å². The Morgan fingerprint density at radius 1 is 1.42 bits per heavy atom. The van der Waals surface area contributed by atoms with E-state index in [4.69, 9.17) is 10.5 Å². The number of nitrogens with zero attached hydrogens (tertiary/aromatic N) is 1. The molecule has 0 heterocycles. The maximum absolute atomic E-state index is 9.96. The van der Waals surface area contributed by atoms with Crippen LogP contribution >= 0.6 is 0 Å². The molecule has 0 aliphatic carbocycles. The standard InChI is InChI=1S/C15H26N2O2/c1-4-12(2)17(3)10-14(18)11-19-15-7-5-6-13(8-15)9-16/h5-8,12,14,18H,4,9-11,16H2,1-3H3. The van der Waals surface area contributed by atoms with Gasteiger partial charge in [0.1, 0.15) is 18.5 Å². The number of hydrogen-bond donors (Lipinski definition) is 2. The maximum atomic E-state index is 9.96. The van der Waals surface area contributed by atoms with Crippen LogP contribution < -0.4 is 10.5 Å². The van der Waals surface area contributed by atoms with Gasteiger partial charge in [-0.05, 0) is 38.1 Å². The average Bonchev–Trinajstić information content (AvgIpc) is 2.44. The Hall–Kier alpha value is -1.10. The normalized spacial score (nSPS) is 14.4. The third-order valence-corrected chi connectivity index (χ3v) is 3.42. The summed E-state index contributed by atoms with van der Waals surface area (Å²) in [5, 5.41) is 9.96. The summed E-state index contributed by atoms with van der Waals surface area (Å²) < 4.78 is 5.59. The Morgan fingerprint density at radius 3 is 2.79 bits per heavy atom. The first-order valence-electron chi connectivity index (χ1n) is 6.87. The monoisotopic (exact) mass is 266 g/mol. The second-order valence-corrected chi connectivity index (χ2v) is 5.01. The molecule has 0 spiro atoms. The summed E-state index contributed by atoms with van der Waals surface area (Å²) in [6, 6.07) is 8.13. The van der Waals surface area contributed by atoms with Gasteiger partial charge < -0.3 is 20.5 Å². The highest BCUT2D eigenvalue weighted by atomic mass is 16.5. The van der Waals surface area contributed by atoms with Gasteiger partial charge in [0, 0.05) is 19.1 Å². The fraction of sp³-hybridized carbons (Fsp3) is 0.600. The van der Waals surface area contributed by atoms with E-state index in [1.54, 1.807) is 0 Å². The van der Waals surface area contributed by atoms with Gasteiger partial charge in [0.2, 0.25) is 0 Å². The van der Waals surface area contributed by atoms with Crippen molar-refractivity contribution in [2.75, 3.05) is 20.2 Å². The minimum Gasteiger partial charge on any atom is -0.491 e. The van der Waals surface area contributed by atoms with Crippen molar-refractivity contribution in [3.63, 3.8) is 0 Å². The third kappa shape index (κ3) is 5.59. The largest absolute Gasteiger partial charge is 0.491 e. The van der Waals surface area contributed by atoms with E-state index in [2.05, 4.69) is 18.7 Å². The van der Waals surface area contributed by atoms with E-state index < -0.39 is 6.10 Å². The van der Waals surface area contributed by atoms with E-state index in [1.807, 2.05) is 31.3 Å². The van der Waals surface area contributed by atoms with E-state index >= 15 is 0 Å². The van der Waals surface area contributed by atoms with Crippen LogP contribution in [0.1, 0.15) is 25.8 Å². The van der Waals surface area contributed by atoms with Crippen molar-refractivity contribution in [2.24, 2.45) is 5.73 Å². The molecule has 4 nitrogen and oxygen atoms in total. The fourth-order valence-corrected chi connectivity index (χ4v) is 1.83. The summed E-state index contributed by atoms with van der Waals surface area (Å²) >= 11 is 0. The van der Waals surface area contributed by atoms with Crippen LogP contribution in [-0.4, -0.2) is 42.4 Å². The van der Waals surface area contributed by atoms with Crippen LogP contribution in [0.3, 0.4) is 0 Å². The zero-order valence-corrected chi connectivity index (χ0v) is 12.2. The summed E-state index contributed by atoms with van der Waals surface area (Å²) in [4.78, 5) is 2.14. The Morgan fingerprint density at radius 2 is 2.16 bits per heavy atom. The zero-order valence-electron chi connectivity index (χ0n) is 12.2. The first kappa shape index (κ1) is 16.0. The molecule has 3 N–H and O–H groups in total. The molecule has 2 atom stereocenters. The van der Waals surface area contributed by atoms with Crippen LogP contribution in [0.4, 0.5) is 0 Å². The minimum absolute atomic E-state index is 0.300. The quantitative estimate of drug-likeness (QED) is 0.750. The Balaban J connectivity index is 2.39. The Labute approximate surface area is 116 Å². The summed E-state index contributed by atoms with van der Waals surface area (Å²) in [6.07, 6.45) is 0.586. The average molecular weight is 266 g/mol. The molecular formula is C15H26N2O2. The number of benzene rings is 1. The predicted octanol–water partition coefficient (Wildman–Crippen LogP) is 1.62. The number of aliphatic hydroxyl groups is 1. The molecule has 1 aromatic rings. The molecule has 0 amide bonds. The lowest BCUT2D eigenvalue weighted by atomic mass is 10.2. The molecular weight excluding hydrogens is 240 g/mol. The van der Waals surface area contributed by atoms with E-state index in [0.717, 1.165) is 17.7 Å². The molecule has 0 aliphatic rings. The van der Waals surface area contributed by atoms with E-state index in [9.17, 15) is 5.11 Å². The van der Waals surface area contributed by atoms with Gasteiger partial charge in [-0.3, -0.25) is 0 Å². The number of hydrogen-bond acceptors (Lipinski definition) is 4. The lowest BCUT2D eigenvalue weighted by Gasteiger charge is -2.26. The van der Waals surface area contributed by atoms with Crippen molar-refractivity contribution in [3.05, 3.63) is 29.8 Å². The van der Waals surface area contributed by atoms with E-state index in [1.165, 1.54) is 0 Å². The Kier molecular flexibility index (Phi) is 6.84. The molecule has 4 heteroatoms. The van der Waals surface area contributed by atoms with Gasteiger partial charge in [-0.1, -0.05) is 19.1 Å². The van der Waals surface area contributed by atoms with E-state index in [-0.39, 0.29) is 0 Å². The molecule has 0 fully saturated rings. The molecule has 0 saturated heterocycles. The van der Waals surface area contributed by atoms with Gasteiger partial charge >= 0.3 is 0 Å².